The van der Waals surface area contributed by atoms with Gasteiger partial charge in [-0.05, 0) is 43.4 Å². The highest BCUT2D eigenvalue weighted by Gasteiger charge is 2.40. The van der Waals surface area contributed by atoms with E-state index in [4.69, 9.17) is 22.2 Å². The lowest BCUT2D eigenvalue weighted by Crippen LogP contribution is -2.33. The maximum atomic E-state index is 6.34. The third kappa shape index (κ3) is 3.11. The van der Waals surface area contributed by atoms with Gasteiger partial charge < -0.3 is 4.74 Å². The molecule has 2 aliphatic carbocycles. The van der Waals surface area contributed by atoms with E-state index in [-0.39, 0.29) is 6.04 Å². The van der Waals surface area contributed by atoms with Gasteiger partial charge in [-0.25, -0.2) is 0 Å². The summed E-state index contributed by atoms with van der Waals surface area (Å²) in [5.74, 6) is 8.44. The summed E-state index contributed by atoms with van der Waals surface area (Å²) in [5.41, 5.74) is 3.96. The Morgan fingerprint density at radius 1 is 1.52 bits per heavy atom. The van der Waals surface area contributed by atoms with Gasteiger partial charge in [0.2, 0.25) is 0 Å². The standard InChI is InChI=1S/C15H25ClN4O/c1-21-5-4-20-15(13(16)9-18-20)14(19-17)8-12-7-10-2-3-11(12)6-10/h9-12,14,19H,2-8,17H2,1H3. The van der Waals surface area contributed by atoms with Crippen molar-refractivity contribution in [3.05, 3.63) is 16.9 Å². The number of nitrogens with two attached hydrogens (primary N) is 1. The predicted molar refractivity (Wildman–Crippen MR) is 82.7 cm³/mol. The van der Waals surface area contributed by atoms with Crippen molar-refractivity contribution in [1.82, 2.24) is 15.2 Å². The molecule has 1 aromatic heterocycles. The van der Waals surface area contributed by atoms with Crippen LogP contribution in [0.2, 0.25) is 5.02 Å². The minimum Gasteiger partial charge on any atom is -0.383 e. The monoisotopic (exact) mass is 312 g/mol. The van der Waals surface area contributed by atoms with Gasteiger partial charge in [0.05, 0.1) is 36.1 Å². The van der Waals surface area contributed by atoms with Crippen LogP contribution in [-0.4, -0.2) is 23.5 Å². The lowest BCUT2D eigenvalue weighted by molar-refractivity contribution is 0.180. The Kier molecular flexibility index (Phi) is 4.84. The number of hydrazine groups is 1. The van der Waals surface area contributed by atoms with E-state index in [1.165, 1.54) is 25.7 Å². The second kappa shape index (κ2) is 6.65. The molecule has 1 heterocycles. The van der Waals surface area contributed by atoms with E-state index in [0.717, 1.165) is 29.9 Å². The normalized spacial score (nSPS) is 29.2. The second-order valence-corrected chi connectivity index (χ2v) is 6.89. The lowest BCUT2D eigenvalue weighted by atomic mass is 9.83. The summed E-state index contributed by atoms with van der Waals surface area (Å²) < 4.78 is 7.06. The molecule has 0 aliphatic heterocycles. The molecule has 118 valence electrons. The van der Waals surface area contributed by atoms with Crippen LogP contribution < -0.4 is 11.3 Å². The van der Waals surface area contributed by atoms with Gasteiger partial charge in [0.25, 0.3) is 0 Å². The van der Waals surface area contributed by atoms with E-state index in [1.807, 2.05) is 4.68 Å². The van der Waals surface area contributed by atoms with E-state index in [0.29, 0.717) is 18.2 Å². The number of halogens is 1. The first-order chi connectivity index (χ1) is 10.2. The Morgan fingerprint density at radius 3 is 3.00 bits per heavy atom. The molecule has 3 rings (SSSR count). The van der Waals surface area contributed by atoms with Crippen molar-refractivity contribution in [1.29, 1.82) is 0 Å². The number of hydrogen-bond donors (Lipinski definition) is 2. The van der Waals surface area contributed by atoms with E-state index >= 15 is 0 Å². The average molecular weight is 313 g/mol. The van der Waals surface area contributed by atoms with Crippen molar-refractivity contribution in [3.63, 3.8) is 0 Å². The summed E-state index contributed by atoms with van der Waals surface area (Å²) in [6.45, 7) is 1.32. The number of fused-ring (bicyclic) bond motifs is 2. The molecule has 0 saturated heterocycles. The van der Waals surface area contributed by atoms with E-state index in [1.54, 1.807) is 13.3 Å². The van der Waals surface area contributed by atoms with Crippen molar-refractivity contribution in [2.75, 3.05) is 13.7 Å². The molecule has 2 aliphatic rings. The van der Waals surface area contributed by atoms with Crippen molar-refractivity contribution < 1.29 is 4.74 Å². The van der Waals surface area contributed by atoms with Gasteiger partial charge in [-0.1, -0.05) is 18.0 Å². The minimum absolute atomic E-state index is 0.0706. The molecule has 2 fully saturated rings. The van der Waals surface area contributed by atoms with E-state index in [9.17, 15) is 0 Å². The molecular weight excluding hydrogens is 288 g/mol. The Bertz CT molecular complexity index is 478. The van der Waals surface area contributed by atoms with Gasteiger partial charge in [-0.2, -0.15) is 5.10 Å². The molecule has 5 nitrogen and oxygen atoms in total. The smallest absolute Gasteiger partial charge is 0.0834 e. The number of nitrogens with one attached hydrogen (secondary N) is 1. The Hall–Kier alpha value is -0.620. The van der Waals surface area contributed by atoms with Gasteiger partial charge in [0.15, 0.2) is 0 Å². The van der Waals surface area contributed by atoms with Crippen LogP contribution >= 0.6 is 11.6 Å². The summed E-state index contributed by atoms with van der Waals surface area (Å²) in [5, 5.41) is 5.05. The Balaban J connectivity index is 1.72. The van der Waals surface area contributed by atoms with E-state index < -0.39 is 0 Å². The van der Waals surface area contributed by atoms with Crippen LogP contribution in [0.5, 0.6) is 0 Å². The van der Waals surface area contributed by atoms with Gasteiger partial charge in [-0.3, -0.25) is 16.0 Å². The molecular formula is C15H25ClN4O. The van der Waals surface area contributed by atoms with Gasteiger partial charge in [-0.15, -0.1) is 0 Å². The van der Waals surface area contributed by atoms with Crippen molar-refractivity contribution in [2.45, 2.75) is 44.7 Å². The number of hydrogen-bond acceptors (Lipinski definition) is 4. The molecule has 2 saturated carbocycles. The molecule has 1 aromatic rings. The van der Waals surface area contributed by atoms with Gasteiger partial charge >= 0.3 is 0 Å². The number of nitrogens with zero attached hydrogens (tertiary/aromatic N) is 2. The highest BCUT2D eigenvalue weighted by molar-refractivity contribution is 6.31. The average Bonchev–Trinajstić information content (AvgIpc) is 3.18. The third-order valence-corrected chi connectivity index (χ3v) is 5.59. The summed E-state index contributed by atoms with van der Waals surface area (Å²) in [4.78, 5) is 0. The van der Waals surface area contributed by atoms with Crippen molar-refractivity contribution in [2.24, 2.45) is 23.6 Å². The number of aromatic nitrogens is 2. The molecule has 0 radical (unpaired) electrons. The summed E-state index contributed by atoms with van der Waals surface area (Å²) in [7, 11) is 1.69. The number of ether oxygens (including phenoxy) is 1. The predicted octanol–water partition coefficient (Wildman–Crippen LogP) is 2.51. The summed E-state index contributed by atoms with van der Waals surface area (Å²) >= 11 is 6.34. The fourth-order valence-electron chi connectivity index (χ4n) is 4.30. The highest BCUT2D eigenvalue weighted by atomic mass is 35.5. The zero-order valence-electron chi connectivity index (χ0n) is 12.6. The van der Waals surface area contributed by atoms with Crippen LogP contribution in [0.25, 0.3) is 0 Å². The summed E-state index contributed by atoms with van der Waals surface area (Å²) in [6, 6.07) is 0.0706. The second-order valence-electron chi connectivity index (χ2n) is 6.48. The first-order valence-corrected chi connectivity index (χ1v) is 8.27. The number of rotatable bonds is 7. The molecule has 0 aromatic carbocycles. The quantitative estimate of drug-likeness (QED) is 0.600. The van der Waals surface area contributed by atoms with Crippen LogP contribution in [0.3, 0.4) is 0 Å². The molecule has 21 heavy (non-hydrogen) atoms. The Labute approximate surface area is 131 Å². The van der Waals surface area contributed by atoms with Crippen LogP contribution in [-0.2, 0) is 11.3 Å². The first-order valence-electron chi connectivity index (χ1n) is 7.89. The maximum Gasteiger partial charge on any atom is 0.0834 e. The molecule has 4 atom stereocenters. The zero-order valence-corrected chi connectivity index (χ0v) is 13.4. The van der Waals surface area contributed by atoms with Crippen LogP contribution in [0.4, 0.5) is 0 Å². The van der Waals surface area contributed by atoms with Crippen LogP contribution in [0, 0.1) is 17.8 Å². The number of methoxy groups -OCH3 is 1. The zero-order chi connectivity index (χ0) is 14.8. The SMILES string of the molecule is COCCn1ncc(Cl)c1C(CC1CC2CCC1C2)NN. The fourth-order valence-corrected chi connectivity index (χ4v) is 4.57. The molecule has 3 N–H and O–H groups in total. The summed E-state index contributed by atoms with van der Waals surface area (Å²) in [6.07, 6.45) is 8.34. The highest BCUT2D eigenvalue weighted by Crippen LogP contribution is 2.51. The molecule has 2 bridgehead atoms. The largest absolute Gasteiger partial charge is 0.383 e. The van der Waals surface area contributed by atoms with Gasteiger partial charge in [0.1, 0.15) is 0 Å². The van der Waals surface area contributed by atoms with Crippen molar-refractivity contribution in [3.8, 4) is 0 Å². The van der Waals surface area contributed by atoms with Crippen LogP contribution in [0.15, 0.2) is 6.20 Å². The fraction of sp³-hybridized carbons (Fsp3) is 0.800. The molecule has 6 heteroatoms. The molecule has 0 spiro atoms. The lowest BCUT2D eigenvalue weighted by Gasteiger charge is -2.27. The van der Waals surface area contributed by atoms with E-state index in [2.05, 4.69) is 10.5 Å². The molecule has 4 unspecified atom stereocenters. The topological polar surface area (TPSA) is 65.1 Å². The van der Waals surface area contributed by atoms with Crippen molar-refractivity contribution >= 4 is 11.6 Å². The Morgan fingerprint density at radius 2 is 2.38 bits per heavy atom. The van der Waals surface area contributed by atoms with Crippen LogP contribution in [0.1, 0.15) is 43.8 Å². The van der Waals surface area contributed by atoms with Gasteiger partial charge in [0, 0.05) is 7.11 Å². The third-order valence-electron chi connectivity index (χ3n) is 5.29. The minimum atomic E-state index is 0.0706. The maximum absolute atomic E-state index is 6.34. The first kappa shape index (κ1) is 15.3. The molecule has 0 amide bonds.